The Morgan fingerprint density at radius 2 is 2.45 bits per heavy atom. The van der Waals surface area contributed by atoms with E-state index in [0.717, 1.165) is 38.7 Å². The first-order chi connectivity index (χ1) is 5.34. The molecule has 2 heteroatoms. The summed E-state index contributed by atoms with van der Waals surface area (Å²) in [6.07, 6.45) is 5.27. The van der Waals surface area contributed by atoms with Gasteiger partial charge in [-0.1, -0.05) is 19.8 Å². The molecule has 0 saturated carbocycles. The fourth-order valence-corrected chi connectivity index (χ4v) is 1.51. The number of rotatable bonds is 4. The van der Waals surface area contributed by atoms with Crippen molar-refractivity contribution in [3.8, 4) is 0 Å². The molecule has 0 amide bonds. The maximum absolute atomic E-state index is 9.56. The van der Waals surface area contributed by atoms with Gasteiger partial charge in [0.2, 0.25) is 0 Å². The highest BCUT2D eigenvalue weighted by Gasteiger charge is 2.22. The van der Waals surface area contributed by atoms with Crippen molar-refractivity contribution in [2.45, 2.75) is 51.2 Å². The van der Waals surface area contributed by atoms with Gasteiger partial charge in [-0.05, 0) is 19.3 Å². The Balaban J connectivity index is 2.12. The largest absolute Gasteiger partial charge is 0.390 e. The summed E-state index contributed by atoms with van der Waals surface area (Å²) in [6.45, 7) is 2.98. The standard InChI is InChI=1S/C9H18O2/c1-2-3-5-8(10)9-6-4-7-11-9/h8-10H,2-7H2,1H3/t8-,9-/m0/s1. The van der Waals surface area contributed by atoms with Crippen molar-refractivity contribution < 1.29 is 9.84 Å². The van der Waals surface area contributed by atoms with Crippen LogP contribution in [-0.2, 0) is 4.74 Å². The van der Waals surface area contributed by atoms with E-state index >= 15 is 0 Å². The van der Waals surface area contributed by atoms with Gasteiger partial charge in [0.15, 0.2) is 0 Å². The van der Waals surface area contributed by atoms with Crippen LogP contribution in [0, 0.1) is 0 Å². The summed E-state index contributed by atoms with van der Waals surface area (Å²) >= 11 is 0. The summed E-state index contributed by atoms with van der Waals surface area (Å²) in [5.74, 6) is 0. The lowest BCUT2D eigenvalue weighted by molar-refractivity contribution is -0.00615. The Kier molecular flexibility index (Phi) is 3.87. The zero-order valence-corrected chi connectivity index (χ0v) is 7.25. The Morgan fingerprint density at radius 1 is 1.64 bits per heavy atom. The Morgan fingerprint density at radius 3 is 3.00 bits per heavy atom. The van der Waals surface area contributed by atoms with E-state index in [1.807, 2.05) is 0 Å². The minimum atomic E-state index is -0.211. The highest BCUT2D eigenvalue weighted by atomic mass is 16.5. The molecule has 0 bridgehead atoms. The van der Waals surface area contributed by atoms with E-state index in [1.54, 1.807) is 0 Å². The van der Waals surface area contributed by atoms with Crippen molar-refractivity contribution in [2.24, 2.45) is 0 Å². The van der Waals surface area contributed by atoms with Crippen molar-refractivity contribution in [1.29, 1.82) is 0 Å². The third kappa shape index (κ3) is 2.80. The van der Waals surface area contributed by atoms with Gasteiger partial charge in [0, 0.05) is 6.61 Å². The van der Waals surface area contributed by atoms with Crippen LogP contribution in [0.4, 0.5) is 0 Å². The lowest BCUT2D eigenvalue weighted by Gasteiger charge is -2.16. The molecule has 0 aromatic rings. The van der Waals surface area contributed by atoms with Gasteiger partial charge in [0.25, 0.3) is 0 Å². The molecule has 1 saturated heterocycles. The van der Waals surface area contributed by atoms with Gasteiger partial charge in [0.05, 0.1) is 12.2 Å². The fraction of sp³-hybridized carbons (Fsp3) is 1.00. The Labute approximate surface area is 68.6 Å². The molecule has 66 valence electrons. The minimum Gasteiger partial charge on any atom is -0.390 e. The number of aliphatic hydroxyl groups excluding tert-OH is 1. The van der Waals surface area contributed by atoms with Crippen LogP contribution < -0.4 is 0 Å². The first-order valence-electron chi connectivity index (χ1n) is 4.64. The third-order valence-corrected chi connectivity index (χ3v) is 2.25. The highest BCUT2D eigenvalue weighted by molar-refractivity contribution is 4.73. The van der Waals surface area contributed by atoms with Crippen molar-refractivity contribution in [2.75, 3.05) is 6.61 Å². The first-order valence-corrected chi connectivity index (χ1v) is 4.64. The topological polar surface area (TPSA) is 29.5 Å². The van der Waals surface area contributed by atoms with Gasteiger partial charge in [0.1, 0.15) is 0 Å². The monoisotopic (exact) mass is 158 g/mol. The number of unbranched alkanes of at least 4 members (excludes halogenated alkanes) is 1. The van der Waals surface area contributed by atoms with E-state index in [1.165, 1.54) is 0 Å². The maximum atomic E-state index is 9.56. The minimum absolute atomic E-state index is 0.140. The number of hydrogen-bond donors (Lipinski definition) is 1. The number of ether oxygens (including phenoxy) is 1. The molecule has 11 heavy (non-hydrogen) atoms. The molecular formula is C9H18O2. The Bertz CT molecular complexity index is 97.7. The van der Waals surface area contributed by atoms with Crippen LogP contribution in [0.1, 0.15) is 39.0 Å². The second-order valence-electron chi connectivity index (χ2n) is 3.26. The van der Waals surface area contributed by atoms with Gasteiger partial charge < -0.3 is 9.84 Å². The first kappa shape index (κ1) is 9.01. The molecule has 0 radical (unpaired) electrons. The van der Waals surface area contributed by atoms with Crippen molar-refractivity contribution in [1.82, 2.24) is 0 Å². The average Bonchev–Trinajstić information content (AvgIpc) is 2.52. The van der Waals surface area contributed by atoms with Crippen molar-refractivity contribution >= 4 is 0 Å². The van der Waals surface area contributed by atoms with Crippen LogP contribution >= 0.6 is 0 Å². The third-order valence-electron chi connectivity index (χ3n) is 2.25. The van der Waals surface area contributed by atoms with E-state index in [0.29, 0.717) is 0 Å². The van der Waals surface area contributed by atoms with Crippen LogP contribution in [0.25, 0.3) is 0 Å². The van der Waals surface area contributed by atoms with Crippen LogP contribution in [0.2, 0.25) is 0 Å². The van der Waals surface area contributed by atoms with E-state index in [9.17, 15) is 5.11 Å². The zero-order chi connectivity index (χ0) is 8.10. The predicted molar refractivity (Wildman–Crippen MR) is 44.5 cm³/mol. The second-order valence-corrected chi connectivity index (χ2v) is 3.26. The molecule has 0 spiro atoms. The molecule has 1 heterocycles. The average molecular weight is 158 g/mol. The highest BCUT2D eigenvalue weighted by Crippen LogP contribution is 2.18. The van der Waals surface area contributed by atoms with Crippen molar-refractivity contribution in [3.63, 3.8) is 0 Å². The molecule has 2 atom stereocenters. The lowest BCUT2D eigenvalue weighted by Crippen LogP contribution is -2.24. The van der Waals surface area contributed by atoms with E-state index in [4.69, 9.17) is 4.74 Å². The zero-order valence-electron chi connectivity index (χ0n) is 7.25. The van der Waals surface area contributed by atoms with Gasteiger partial charge in [-0.25, -0.2) is 0 Å². The summed E-state index contributed by atoms with van der Waals surface area (Å²) in [7, 11) is 0. The summed E-state index contributed by atoms with van der Waals surface area (Å²) in [6, 6.07) is 0. The fourth-order valence-electron chi connectivity index (χ4n) is 1.51. The molecule has 0 aromatic carbocycles. The Hall–Kier alpha value is -0.0800. The van der Waals surface area contributed by atoms with Crippen LogP contribution in [-0.4, -0.2) is 23.9 Å². The van der Waals surface area contributed by atoms with Crippen LogP contribution in [0.3, 0.4) is 0 Å². The van der Waals surface area contributed by atoms with Crippen LogP contribution in [0.5, 0.6) is 0 Å². The maximum Gasteiger partial charge on any atom is 0.0834 e. The molecule has 0 aromatic heterocycles. The van der Waals surface area contributed by atoms with Gasteiger partial charge in [-0.15, -0.1) is 0 Å². The summed E-state index contributed by atoms with van der Waals surface area (Å²) in [4.78, 5) is 0. The summed E-state index contributed by atoms with van der Waals surface area (Å²) in [5, 5.41) is 9.56. The molecule has 1 N–H and O–H groups in total. The lowest BCUT2D eigenvalue weighted by atomic mass is 10.1. The smallest absolute Gasteiger partial charge is 0.0834 e. The second kappa shape index (κ2) is 4.73. The molecule has 2 nitrogen and oxygen atoms in total. The molecule has 1 rings (SSSR count). The summed E-state index contributed by atoms with van der Waals surface area (Å²) < 4.78 is 5.36. The molecule has 0 unspecified atom stereocenters. The molecule has 0 aliphatic carbocycles. The van der Waals surface area contributed by atoms with E-state index < -0.39 is 0 Å². The molecule has 1 aliphatic heterocycles. The predicted octanol–water partition coefficient (Wildman–Crippen LogP) is 1.72. The molecule has 1 aliphatic rings. The van der Waals surface area contributed by atoms with Crippen LogP contribution in [0.15, 0.2) is 0 Å². The van der Waals surface area contributed by atoms with E-state index in [2.05, 4.69) is 6.92 Å². The SMILES string of the molecule is CCCC[C@H](O)[C@@H]1CCCO1. The van der Waals surface area contributed by atoms with Crippen molar-refractivity contribution in [3.05, 3.63) is 0 Å². The molecular weight excluding hydrogens is 140 g/mol. The van der Waals surface area contributed by atoms with Gasteiger partial charge in [-0.3, -0.25) is 0 Å². The van der Waals surface area contributed by atoms with Gasteiger partial charge >= 0.3 is 0 Å². The quantitative estimate of drug-likeness (QED) is 0.675. The van der Waals surface area contributed by atoms with Gasteiger partial charge in [-0.2, -0.15) is 0 Å². The van der Waals surface area contributed by atoms with E-state index in [-0.39, 0.29) is 12.2 Å². The number of hydrogen-bond acceptors (Lipinski definition) is 2. The molecule has 1 fully saturated rings. The normalized spacial score (nSPS) is 27.3. The number of aliphatic hydroxyl groups is 1. The summed E-state index contributed by atoms with van der Waals surface area (Å²) in [5.41, 5.74) is 0.